The van der Waals surface area contributed by atoms with E-state index in [0.717, 1.165) is 5.56 Å². The van der Waals surface area contributed by atoms with Crippen LogP contribution < -0.4 is 11.0 Å². The van der Waals surface area contributed by atoms with Crippen LogP contribution in [0.15, 0.2) is 58.7 Å². The molecule has 7 heteroatoms. The van der Waals surface area contributed by atoms with E-state index in [-0.39, 0.29) is 11.3 Å². The predicted molar refractivity (Wildman–Crippen MR) is 86.3 cm³/mol. The van der Waals surface area contributed by atoms with Crippen molar-refractivity contribution in [3.8, 4) is 0 Å². The highest BCUT2D eigenvalue weighted by atomic mass is 16.2. The lowest BCUT2D eigenvalue weighted by Crippen LogP contribution is -2.23. The third-order valence-corrected chi connectivity index (χ3v) is 3.32. The summed E-state index contributed by atoms with van der Waals surface area (Å²) >= 11 is 0. The first-order valence-electron chi connectivity index (χ1n) is 6.89. The SMILES string of the molecule is C/C(=N/NC(=O)c1n[nH]c(=O)c2ccccc12)c1cccnc1. The van der Waals surface area contributed by atoms with Crippen molar-refractivity contribution in [1.82, 2.24) is 20.6 Å². The van der Waals surface area contributed by atoms with Crippen LogP contribution in [-0.2, 0) is 0 Å². The van der Waals surface area contributed by atoms with Crippen molar-refractivity contribution in [2.24, 2.45) is 5.10 Å². The number of nitrogens with one attached hydrogen (secondary N) is 2. The maximum absolute atomic E-state index is 12.3. The molecule has 1 amide bonds. The second-order valence-corrected chi connectivity index (χ2v) is 4.83. The smallest absolute Gasteiger partial charge is 0.267 e. The van der Waals surface area contributed by atoms with Crippen molar-refractivity contribution >= 4 is 22.4 Å². The summed E-state index contributed by atoms with van der Waals surface area (Å²) in [6.45, 7) is 1.76. The Morgan fingerprint density at radius 3 is 2.70 bits per heavy atom. The van der Waals surface area contributed by atoms with E-state index in [1.165, 1.54) is 0 Å². The molecule has 2 heterocycles. The summed E-state index contributed by atoms with van der Waals surface area (Å²) in [5, 5.41) is 11.1. The molecular formula is C16H13N5O2. The lowest BCUT2D eigenvalue weighted by atomic mass is 10.1. The van der Waals surface area contributed by atoms with Gasteiger partial charge in [-0.1, -0.05) is 24.3 Å². The number of carbonyl (C=O) groups excluding carboxylic acids is 1. The Hall–Kier alpha value is -3.35. The highest BCUT2D eigenvalue weighted by molar-refractivity contribution is 6.05. The minimum Gasteiger partial charge on any atom is -0.267 e. The molecule has 0 aliphatic carbocycles. The van der Waals surface area contributed by atoms with Crippen LogP contribution in [0.1, 0.15) is 23.0 Å². The van der Waals surface area contributed by atoms with Crippen LogP contribution in [0.5, 0.6) is 0 Å². The standard InChI is InChI=1S/C16H13N5O2/c1-10(11-5-4-8-17-9-11)18-21-16(23)14-12-6-2-3-7-13(12)15(22)20-19-14/h2-9H,1H3,(H,20,22)(H,21,23)/b18-10-. The van der Waals surface area contributed by atoms with Gasteiger partial charge in [0.1, 0.15) is 0 Å². The first kappa shape index (κ1) is 14.6. The molecule has 0 fully saturated rings. The monoisotopic (exact) mass is 307 g/mol. The number of hydrogen-bond donors (Lipinski definition) is 2. The summed E-state index contributed by atoms with van der Waals surface area (Å²) < 4.78 is 0. The summed E-state index contributed by atoms with van der Waals surface area (Å²) in [6, 6.07) is 10.4. The predicted octanol–water partition coefficient (Wildman–Crippen LogP) is 1.47. The quantitative estimate of drug-likeness (QED) is 0.565. The number of benzene rings is 1. The van der Waals surface area contributed by atoms with Crippen molar-refractivity contribution in [2.45, 2.75) is 6.92 Å². The van der Waals surface area contributed by atoms with E-state index < -0.39 is 5.91 Å². The van der Waals surface area contributed by atoms with Gasteiger partial charge in [-0.3, -0.25) is 14.6 Å². The maximum Gasteiger partial charge on any atom is 0.292 e. The normalized spacial score (nSPS) is 11.4. The third kappa shape index (κ3) is 2.98. The number of carbonyl (C=O) groups is 1. The highest BCUT2D eigenvalue weighted by Crippen LogP contribution is 2.12. The second kappa shape index (κ2) is 6.18. The molecule has 0 spiro atoms. The topological polar surface area (TPSA) is 100 Å². The van der Waals surface area contributed by atoms with E-state index in [0.29, 0.717) is 16.5 Å². The van der Waals surface area contributed by atoms with Crippen molar-refractivity contribution < 1.29 is 4.79 Å². The van der Waals surface area contributed by atoms with Crippen LogP contribution in [0.3, 0.4) is 0 Å². The van der Waals surface area contributed by atoms with Gasteiger partial charge >= 0.3 is 0 Å². The highest BCUT2D eigenvalue weighted by Gasteiger charge is 2.13. The molecule has 23 heavy (non-hydrogen) atoms. The van der Waals surface area contributed by atoms with E-state index in [2.05, 4.69) is 25.7 Å². The van der Waals surface area contributed by atoms with Gasteiger partial charge < -0.3 is 0 Å². The Kier molecular flexibility index (Phi) is 3.92. The first-order chi connectivity index (χ1) is 11.2. The first-order valence-corrected chi connectivity index (χ1v) is 6.89. The van der Waals surface area contributed by atoms with Crippen LogP contribution >= 0.6 is 0 Å². The average molecular weight is 307 g/mol. The van der Waals surface area contributed by atoms with E-state index in [4.69, 9.17) is 0 Å². The van der Waals surface area contributed by atoms with Crippen LogP contribution in [0.4, 0.5) is 0 Å². The average Bonchev–Trinajstić information content (AvgIpc) is 2.60. The molecule has 0 atom stereocenters. The molecule has 0 unspecified atom stereocenters. The molecule has 0 saturated heterocycles. The van der Waals surface area contributed by atoms with E-state index >= 15 is 0 Å². The Bertz CT molecular complexity index is 947. The van der Waals surface area contributed by atoms with E-state index in [1.807, 2.05) is 6.07 Å². The zero-order chi connectivity index (χ0) is 16.2. The molecule has 3 rings (SSSR count). The number of hydrogen-bond acceptors (Lipinski definition) is 5. The van der Waals surface area contributed by atoms with Crippen LogP contribution in [0.25, 0.3) is 10.8 Å². The van der Waals surface area contributed by atoms with Gasteiger partial charge in [0.05, 0.1) is 11.1 Å². The van der Waals surface area contributed by atoms with Gasteiger partial charge in [-0.15, -0.1) is 0 Å². The Morgan fingerprint density at radius 2 is 1.96 bits per heavy atom. The Morgan fingerprint density at radius 1 is 1.17 bits per heavy atom. The lowest BCUT2D eigenvalue weighted by Gasteiger charge is -2.04. The number of H-pyrrole nitrogens is 1. The molecule has 114 valence electrons. The number of hydrazone groups is 1. The number of aromatic amines is 1. The molecule has 2 aromatic heterocycles. The number of amides is 1. The fourth-order valence-corrected chi connectivity index (χ4v) is 2.12. The number of nitrogens with zero attached hydrogens (tertiary/aromatic N) is 3. The Labute approximate surface area is 131 Å². The fourth-order valence-electron chi connectivity index (χ4n) is 2.12. The number of aromatic nitrogens is 3. The zero-order valence-corrected chi connectivity index (χ0v) is 12.3. The van der Waals surface area contributed by atoms with Crippen molar-refractivity contribution in [1.29, 1.82) is 0 Å². The molecular weight excluding hydrogens is 294 g/mol. The van der Waals surface area contributed by atoms with Crippen LogP contribution in [-0.4, -0.2) is 26.8 Å². The molecule has 0 saturated carbocycles. The van der Waals surface area contributed by atoms with Crippen LogP contribution in [0.2, 0.25) is 0 Å². The third-order valence-electron chi connectivity index (χ3n) is 3.32. The Balaban J connectivity index is 1.90. The number of pyridine rings is 1. The summed E-state index contributed by atoms with van der Waals surface area (Å²) in [5.41, 5.74) is 3.63. The van der Waals surface area contributed by atoms with Gasteiger partial charge in [-0.05, 0) is 19.1 Å². The molecule has 2 N–H and O–H groups in total. The van der Waals surface area contributed by atoms with Gasteiger partial charge in [0.2, 0.25) is 0 Å². The van der Waals surface area contributed by atoms with Gasteiger partial charge in [-0.2, -0.15) is 10.2 Å². The van der Waals surface area contributed by atoms with Crippen molar-refractivity contribution in [2.75, 3.05) is 0 Å². The summed E-state index contributed by atoms with van der Waals surface area (Å²) in [7, 11) is 0. The molecule has 3 aromatic rings. The van der Waals surface area contributed by atoms with Gasteiger partial charge in [0, 0.05) is 23.3 Å². The summed E-state index contributed by atoms with van der Waals surface area (Å²) in [5.74, 6) is -0.499. The summed E-state index contributed by atoms with van der Waals surface area (Å²) in [6.07, 6.45) is 3.31. The van der Waals surface area contributed by atoms with Crippen LogP contribution in [0, 0.1) is 0 Å². The van der Waals surface area contributed by atoms with Gasteiger partial charge in [-0.25, -0.2) is 10.5 Å². The molecule has 0 aliphatic rings. The van der Waals surface area contributed by atoms with E-state index in [9.17, 15) is 9.59 Å². The van der Waals surface area contributed by atoms with Gasteiger partial charge in [0.25, 0.3) is 11.5 Å². The molecule has 0 bridgehead atoms. The van der Waals surface area contributed by atoms with E-state index in [1.54, 1.807) is 49.6 Å². The van der Waals surface area contributed by atoms with Crippen molar-refractivity contribution in [3.63, 3.8) is 0 Å². The molecule has 1 aromatic carbocycles. The summed E-state index contributed by atoms with van der Waals surface area (Å²) in [4.78, 5) is 28.0. The lowest BCUT2D eigenvalue weighted by molar-refractivity contribution is 0.0950. The van der Waals surface area contributed by atoms with Gasteiger partial charge in [0.15, 0.2) is 5.69 Å². The molecule has 7 nitrogen and oxygen atoms in total. The maximum atomic E-state index is 12.3. The zero-order valence-electron chi connectivity index (χ0n) is 12.3. The number of fused-ring (bicyclic) bond motifs is 1. The van der Waals surface area contributed by atoms with Crippen molar-refractivity contribution in [3.05, 3.63) is 70.4 Å². The molecule has 0 aliphatic heterocycles. The molecule has 0 radical (unpaired) electrons. The fraction of sp³-hybridized carbons (Fsp3) is 0.0625. The minimum absolute atomic E-state index is 0.114. The largest absolute Gasteiger partial charge is 0.292 e. The minimum atomic E-state index is -0.499. The number of rotatable bonds is 3. The second-order valence-electron chi connectivity index (χ2n) is 4.83.